The number of nitrogens with two attached hydrogens (primary N) is 1. The first-order valence-corrected chi connectivity index (χ1v) is 6.11. The summed E-state index contributed by atoms with van der Waals surface area (Å²) in [5.41, 5.74) is 6.45. The van der Waals surface area contributed by atoms with E-state index in [1.54, 1.807) is 6.07 Å². The number of hydrogen-bond donors (Lipinski definition) is 3. The summed E-state index contributed by atoms with van der Waals surface area (Å²) in [6.07, 6.45) is 2.06. The van der Waals surface area contributed by atoms with Gasteiger partial charge in [0.2, 0.25) is 5.91 Å². The second kappa shape index (κ2) is 6.84. The van der Waals surface area contributed by atoms with Crippen molar-refractivity contribution in [3.63, 3.8) is 0 Å². The summed E-state index contributed by atoms with van der Waals surface area (Å²) in [5, 5.41) is 11.4. The van der Waals surface area contributed by atoms with Crippen LogP contribution in [0.5, 0.6) is 0 Å². The molecule has 0 aliphatic heterocycles. The molecule has 0 saturated heterocycles. The van der Waals surface area contributed by atoms with Crippen LogP contribution in [-0.4, -0.2) is 28.0 Å². The number of aromatic nitrogens is 1. The van der Waals surface area contributed by atoms with Crippen LogP contribution in [0.1, 0.15) is 36.3 Å². The normalized spacial score (nSPS) is 12.2. The standard InChI is InChI=1S/C13H19N3O3/c1-8(2)5-10(14)12(17)16-7-9-3-4-11(13(18)19)15-6-9/h3-4,6,8,10H,5,7,14H2,1-2H3,(H,16,17)(H,18,19)/t10-/m0/s1. The number of hydrogen-bond acceptors (Lipinski definition) is 4. The summed E-state index contributed by atoms with van der Waals surface area (Å²) in [7, 11) is 0. The van der Waals surface area contributed by atoms with Crippen LogP contribution in [0.4, 0.5) is 0 Å². The van der Waals surface area contributed by atoms with E-state index >= 15 is 0 Å². The van der Waals surface area contributed by atoms with Crippen molar-refractivity contribution in [1.29, 1.82) is 0 Å². The van der Waals surface area contributed by atoms with Crippen LogP contribution in [0, 0.1) is 5.92 Å². The van der Waals surface area contributed by atoms with Gasteiger partial charge in [-0.2, -0.15) is 0 Å². The lowest BCUT2D eigenvalue weighted by Crippen LogP contribution is -2.41. The van der Waals surface area contributed by atoms with E-state index in [0.29, 0.717) is 12.3 Å². The summed E-state index contributed by atoms with van der Waals surface area (Å²) in [6.45, 7) is 4.29. The van der Waals surface area contributed by atoms with Crippen LogP contribution >= 0.6 is 0 Å². The van der Waals surface area contributed by atoms with E-state index in [0.717, 1.165) is 5.56 Å². The largest absolute Gasteiger partial charge is 0.477 e. The fourth-order valence-electron chi connectivity index (χ4n) is 1.59. The summed E-state index contributed by atoms with van der Waals surface area (Å²) >= 11 is 0. The summed E-state index contributed by atoms with van der Waals surface area (Å²) in [4.78, 5) is 26.1. The molecule has 1 aromatic heterocycles. The van der Waals surface area contributed by atoms with Gasteiger partial charge in [-0.1, -0.05) is 19.9 Å². The Kier molecular flexibility index (Phi) is 5.44. The molecule has 0 bridgehead atoms. The molecule has 0 spiro atoms. The number of nitrogens with zero attached hydrogens (tertiary/aromatic N) is 1. The fraction of sp³-hybridized carbons (Fsp3) is 0.462. The van der Waals surface area contributed by atoms with Crippen LogP contribution in [-0.2, 0) is 11.3 Å². The molecule has 4 N–H and O–H groups in total. The second-order valence-corrected chi connectivity index (χ2v) is 4.81. The van der Waals surface area contributed by atoms with Gasteiger partial charge in [0.05, 0.1) is 6.04 Å². The van der Waals surface area contributed by atoms with Crippen molar-refractivity contribution in [3.8, 4) is 0 Å². The van der Waals surface area contributed by atoms with Crippen molar-refractivity contribution in [3.05, 3.63) is 29.6 Å². The number of aromatic carboxylic acids is 1. The lowest BCUT2D eigenvalue weighted by molar-refractivity contribution is -0.122. The summed E-state index contributed by atoms with van der Waals surface area (Å²) < 4.78 is 0. The van der Waals surface area contributed by atoms with Crippen molar-refractivity contribution >= 4 is 11.9 Å². The van der Waals surface area contributed by atoms with Gasteiger partial charge in [-0.25, -0.2) is 9.78 Å². The van der Waals surface area contributed by atoms with Crippen molar-refractivity contribution in [1.82, 2.24) is 10.3 Å². The minimum absolute atomic E-state index is 0.0217. The molecule has 0 fully saturated rings. The Hall–Kier alpha value is -1.95. The molecule has 19 heavy (non-hydrogen) atoms. The molecule has 0 unspecified atom stereocenters. The highest BCUT2D eigenvalue weighted by molar-refractivity contribution is 5.85. The molecule has 0 aliphatic carbocycles. The first-order chi connectivity index (χ1) is 8.90. The van der Waals surface area contributed by atoms with E-state index in [9.17, 15) is 9.59 Å². The first-order valence-electron chi connectivity index (χ1n) is 6.11. The van der Waals surface area contributed by atoms with E-state index in [4.69, 9.17) is 10.8 Å². The number of rotatable bonds is 6. The average Bonchev–Trinajstić information content (AvgIpc) is 2.35. The van der Waals surface area contributed by atoms with Crippen LogP contribution in [0.3, 0.4) is 0 Å². The number of pyridine rings is 1. The molecule has 1 aromatic rings. The maximum Gasteiger partial charge on any atom is 0.354 e. The summed E-state index contributed by atoms with van der Waals surface area (Å²) in [6, 6.07) is 2.49. The highest BCUT2D eigenvalue weighted by atomic mass is 16.4. The van der Waals surface area contributed by atoms with E-state index in [-0.39, 0.29) is 18.1 Å². The number of carbonyl (C=O) groups excluding carboxylic acids is 1. The smallest absolute Gasteiger partial charge is 0.354 e. The predicted molar refractivity (Wildman–Crippen MR) is 70.5 cm³/mol. The molecule has 6 heteroatoms. The zero-order valence-corrected chi connectivity index (χ0v) is 11.1. The average molecular weight is 265 g/mol. The quantitative estimate of drug-likeness (QED) is 0.704. The van der Waals surface area contributed by atoms with Crippen LogP contribution < -0.4 is 11.1 Å². The molecule has 6 nitrogen and oxygen atoms in total. The van der Waals surface area contributed by atoms with Gasteiger partial charge >= 0.3 is 5.97 Å². The maximum absolute atomic E-state index is 11.7. The van der Waals surface area contributed by atoms with E-state index in [2.05, 4.69) is 10.3 Å². The molecule has 0 aliphatic rings. The van der Waals surface area contributed by atoms with Crippen LogP contribution in [0.2, 0.25) is 0 Å². The lowest BCUT2D eigenvalue weighted by Gasteiger charge is -2.14. The minimum Gasteiger partial charge on any atom is -0.477 e. The van der Waals surface area contributed by atoms with E-state index in [1.807, 2.05) is 13.8 Å². The molecular weight excluding hydrogens is 246 g/mol. The highest BCUT2D eigenvalue weighted by Gasteiger charge is 2.14. The molecule has 1 atom stereocenters. The Bertz CT molecular complexity index is 443. The SMILES string of the molecule is CC(C)C[C@H](N)C(=O)NCc1ccc(C(=O)O)nc1. The zero-order chi connectivity index (χ0) is 14.4. The molecule has 0 aromatic carbocycles. The Morgan fingerprint density at radius 3 is 2.58 bits per heavy atom. The highest BCUT2D eigenvalue weighted by Crippen LogP contribution is 2.04. The van der Waals surface area contributed by atoms with Gasteiger partial charge in [-0.15, -0.1) is 0 Å². The second-order valence-electron chi connectivity index (χ2n) is 4.81. The lowest BCUT2D eigenvalue weighted by atomic mass is 10.0. The van der Waals surface area contributed by atoms with Gasteiger partial charge in [-0.05, 0) is 24.0 Å². The van der Waals surface area contributed by atoms with Gasteiger partial charge in [0.15, 0.2) is 0 Å². The summed E-state index contributed by atoms with van der Waals surface area (Å²) in [5.74, 6) is -0.928. The molecule has 0 saturated carbocycles. The van der Waals surface area contributed by atoms with Crippen molar-refractivity contribution in [2.75, 3.05) is 0 Å². The Balaban J connectivity index is 2.48. The topological polar surface area (TPSA) is 105 Å². The molecule has 1 rings (SSSR count). The van der Waals surface area contributed by atoms with Gasteiger partial charge in [-0.3, -0.25) is 4.79 Å². The monoisotopic (exact) mass is 265 g/mol. The molecular formula is C13H19N3O3. The number of nitrogens with one attached hydrogen (secondary N) is 1. The van der Waals surface area contributed by atoms with Gasteiger partial charge < -0.3 is 16.2 Å². The van der Waals surface area contributed by atoms with Crippen molar-refractivity contribution < 1.29 is 14.7 Å². The Labute approximate surface area is 112 Å². The molecule has 104 valence electrons. The number of carboxylic acids is 1. The Morgan fingerprint density at radius 1 is 1.42 bits per heavy atom. The van der Waals surface area contributed by atoms with Crippen LogP contribution in [0.15, 0.2) is 18.3 Å². The van der Waals surface area contributed by atoms with E-state index in [1.165, 1.54) is 12.3 Å². The maximum atomic E-state index is 11.7. The van der Waals surface area contributed by atoms with E-state index < -0.39 is 12.0 Å². The first kappa shape index (κ1) is 15.1. The van der Waals surface area contributed by atoms with Gasteiger partial charge in [0.1, 0.15) is 5.69 Å². The third kappa shape index (κ3) is 5.05. The molecule has 0 radical (unpaired) electrons. The third-order valence-electron chi connectivity index (χ3n) is 2.57. The third-order valence-corrected chi connectivity index (χ3v) is 2.57. The number of carbonyl (C=O) groups is 2. The predicted octanol–water partition coefficient (Wildman–Crippen LogP) is 0.769. The number of amides is 1. The minimum atomic E-state index is -1.07. The molecule has 1 amide bonds. The van der Waals surface area contributed by atoms with Crippen LogP contribution in [0.25, 0.3) is 0 Å². The van der Waals surface area contributed by atoms with Gasteiger partial charge in [0, 0.05) is 12.7 Å². The van der Waals surface area contributed by atoms with Crippen molar-refractivity contribution in [2.24, 2.45) is 11.7 Å². The van der Waals surface area contributed by atoms with Gasteiger partial charge in [0.25, 0.3) is 0 Å². The zero-order valence-electron chi connectivity index (χ0n) is 11.1. The Morgan fingerprint density at radius 2 is 2.11 bits per heavy atom. The molecule has 1 heterocycles. The van der Waals surface area contributed by atoms with Crippen molar-refractivity contribution in [2.45, 2.75) is 32.9 Å². The number of carboxylic acid groups (broad SMARTS) is 1. The fourth-order valence-corrected chi connectivity index (χ4v) is 1.59.